The summed E-state index contributed by atoms with van der Waals surface area (Å²) < 4.78 is 4.58. The molecule has 76 valence electrons. The van der Waals surface area contributed by atoms with E-state index in [-0.39, 0.29) is 18.6 Å². The Kier molecular flexibility index (Phi) is 4.18. The molecule has 1 unspecified atom stereocenters. The third-order valence-corrected chi connectivity index (χ3v) is 2.52. The summed E-state index contributed by atoms with van der Waals surface area (Å²) in [6.45, 7) is 1.33. The molecule has 0 amide bonds. The van der Waals surface area contributed by atoms with Gasteiger partial charge in [0, 0.05) is 6.04 Å². The Hall–Kier alpha value is -0.610. The molecule has 1 N–H and O–H groups in total. The average molecular weight is 187 g/mol. The number of esters is 1. The van der Waals surface area contributed by atoms with Crippen LogP contribution in [0.25, 0.3) is 0 Å². The van der Waals surface area contributed by atoms with Crippen LogP contribution >= 0.6 is 0 Å². The highest BCUT2D eigenvalue weighted by Crippen LogP contribution is 2.15. The summed E-state index contributed by atoms with van der Waals surface area (Å²) in [4.78, 5) is 13.0. The maximum absolute atomic E-state index is 11.0. The van der Waals surface area contributed by atoms with Crippen molar-refractivity contribution < 1.29 is 14.6 Å². The van der Waals surface area contributed by atoms with Gasteiger partial charge < -0.3 is 9.84 Å². The maximum atomic E-state index is 11.0. The van der Waals surface area contributed by atoms with E-state index in [2.05, 4.69) is 4.74 Å². The molecule has 0 spiro atoms. The van der Waals surface area contributed by atoms with Crippen molar-refractivity contribution in [2.24, 2.45) is 0 Å². The van der Waals surface area contributed by atoms with E-state index in [1.165, 1.54) is 7.11 Å². The van der Waals surface area contributed by atoms with Crippen molar-refractivity contribution in [2.45, 2.75) is 25.3 Å². The minimum absolute atomic E-state index is 0.136. The van der Waals surface area contributed by atoms with Gasteiger partial charge in [0.2, 0.25) is 0 Å². The van der Waals surface area contributed by atoms with E-state index in [0.29, 0.717) is 6.54 Å². The Morgan fingerprint density at radius 3 is 3.00 bits per heavy atom. The zero-order chi connectivity index (χ0) is 9.68. The van der Waals surface area contributed by atoms with Gasteiger partial charge in [0.15, 0.2) is 0 Å². The van der Waals surface area contributed by atoms with Crippen molar-refractivity contribution >= 4 is 5.97 Å². The number of likely N-dealkylation sites (tertiary alicyclic amines) is 1. The van der Waals surface area contributed by atoms with Gasteiger partial charge >= 0.3 is 5.97 Å². The molecule has 4 heteroatoms. The van der Waals surface area contributed by atoms with Crippen LogP contribution in [0.5, 0.6) is 0 Å². The molecule has 1 rings (SSSR count). The van der Waals surface area contributed by atoms with Crippen LogP contribution in [-0.4, -0.2) is 48.8 Å². The molecule has 1 saturated heterocycles. The number of piperidine rings is 1. The van der Waals surface area contributed by atoms with E-state index >= 15 is 0 Å². The standard InChI is InChI=1S/C9H17NO3/c1-13-9(12)6-10-5-3-2-4-8(10)7-11/h8,11H,2-7H2,1H3. The molecule has 1 aliphatic heterocycles. The van der Waals surface area contributed by atoms with Crippen LogP contribution in [0.1, 0.15) is 19.3 Å². The lowest BCUT2D eigenvalue weighted by molar-refractivity contribution is -0.143. The maximum Gasteiger partial charge on any atom is 0.319 e. The highest BCUT2D eigenvalue weighted by atomic mass is 16.5. The Balaban J connectivity index is 2.40. The monoisotopic (exact) mass is 187 g/mol. The highest BCUT2D eigenvalue weighted by molar-refractivity contribution is 5.71. The molecular weight excluding hydrogens is 170 g/mol. The number of ether oxygens (including phenoxy) is 1. The first-order chi connectivity index (χ1) is 6.27. The number of aliphatic hydroxyl groups excluding tert-OH is 1. The molecule has 1 fully saturated rings. The number of aliphatic hydroxyl groups is 1. The van der Waals surface area contributed by atoms with Crippen LogP contribution in [0.15, 0.2) is 0 Å². The molecule has 13 heavy (non-hydrogen) atoms. The summed E-state index contributed by atoms with van der Waals surface area (Å²) in [7, 11) is 1.39. The zero-order valence-electron chi connectivity index (χ0n) is 8.03. The summed E-state index contributed by atoms with van der Waals surface area (Å²) in [5, 5.41) is 9.05. The molecule has 0 aromatic rings. The van der Waals surface area contributed by atoms with E-state index in [4.69, 9.17) is 5.11 Å². The van der Waals surface area contributed by atoms with Crippen molar-refractivity contribution in [3.8, 4) is 0 Å². The van der Waals surface area contributed by atoms with Crippen molar-refractivity contribution in [1.29, 1.82) is 0 Å². The van der Waals surface area contributed by atoms with Gasteiger partial charge in [0.05, 0.1) is 20.3 Å². The minimum Gasteiger partial charge on any atom is -0.468 e. The van der Waals surface area contributed by atoms with E-state index in [0.717, 1.165) is 25.8 Å². The van der Waals surface area contributed by atoms with Crippen LogP contribution in [0.4, 0.5) is 0 Å². The molecule has 0 bridgehead atoms. The number of carbonyl (C=O) groups is 1. The first-order valence-electron chi connectivity index (χ1n) is 4.69. The molecule has 1 heterocycles. The Morgan fingerprint density at radius 2 is 2.38 bits per heavy atom. The summed E-state index contributed by atoms with van der Waals surface area (Å²) >= 11 is 0. The van der Waals surface area contributed by atoms with Crippen molar-refractivity contribution in [1.82, 2.24) is 4.90 Å². The van der Waals surface area contributed by atoms with Gasteiger partial charge in [-0.05, 0) is 19.4 Å². The lowest BCUT2D eigenvalue weighted by Crippen LogP contribution is -2.44. The summed E-state index contributed by atoms with van der Waals surface area (Å²) in [6.07, 6.45) is 3.23. The van der Waals surface area contributed by atoms with Gasteiger partial charge in [-0.1, -0.05) is 6.42 Å². The quantitative estimate of drug-likeness (QED) is 0.632. The third-order valence-electron chi connectivity index (χ3n) is 2.52. The Labute approximate surface area is 78.5 Å². The van der Waals surface area contributed by atoms with E-state index in [9.17, 15) is 4.79 Å². The molecule has 4 nitrogen and oxygen atoms in total. The fourth-order valence-corrected chi connectivity index (χ4v) is 1.71. The second-order valence-corrected chi connectivity index (χ2v) is 3.38. The SMILES string of the molecule is COC(=O)CN1CCCCC1CO. The van der Waals surface area contributed by atoms with Crippen LogP contribution in [0, 0.1) is 0 Å². The van der Waals surface area contributed by atoms with Crippen molar-refractivity contribution in [2.75, 3.05) is 26.8 Å². The molecule has 1 aliphatic rings. The first kappa shape index (κ1) is 10.5. The van der Waals surface area contributed by atoms with Crippen LogP contribution in [0.3, 0.4) is 0 Å². The zero-order valence-corrected chi connectivity index (χ0v) is 8.03. The second kappa shape index (κ2) is 5.19. The predicted molar refractivity (Wildman–Crippen MR) is 48.3 cm³/mol. The smallest absolute Gasteiger partial charge is 0.319 e. The number of rotatable bonds is 3. The summed E-state index contributed by atoms with van der Waals surface area (Å²) in [5.74, 6) is -0.222. The Bertz CT molecular complexity index is 172. The molecule has 0 aromatic carbocycles. The Morgan fingerprint density at radius 1 is 1.62 bits per heavy atom. The molecule has 0 saturated carbocycles. The average Bonchev–Trinajstić information content (AvgIpc) is 2.18. The molecular formula is C9H17NO3. The lowest BCUT2D eigenvalue weighted by Gasteiger charge is -2.33. The largest absolute Gasteiger partial charge is 0.468 e. The number of nitrogens with zero attached hydrogens (tertiary/aromatic N) is 1. The van der Waals surface area contributed by atoms with Crippen molar-refractivity contribution in [3.05, 3.63) is 0 Å². The van der Waals surface area contributed by atoms with Crippen molar-refractivity contribution in [3.63, 3.8) is 0 Å². The van der Waals surface area contributed by atoms with Gasteiger partial charge in [-0.25, -0.2) is 0 Å². The van der Waals surface area contributed by atoms with Crippen LogP contribution in [0.2, 0.25) is 0 Å². The van der Waals surface area contributed by atoms with Gasteiger partial charge in [-0.2, -0.15) is 0 Å². The fourth-order valence-electron chi connectivity index (χ4n) is 1.71. The topological polar surface area (TPSA) is 49.8 Å². The van der Waals surface area contributed by atoms with Crippen LogP contribution in [-0.2, 0) is 9.53 Å². The third kappa shape index (κ3) is 2.97. The first-order valence-corrected chi connectivity index (χ1v) is 4.69. The molecule has 0 aromatic heterocycles. The van der Waals surface area contributed by atoms with Gasteiger partial charge in [-0.3, -0.25) is 9.69 Å². The molecule has 0 aliphatic carbocycles. The summed E-state index contributed by atoms with van der Waals surface area (Å²) in [5.41, 5.74) is 0. The highest BCUT2D eigenvalue weighted by Gasteiger charge is 2.23. The van der Waals surface area contributed by atoms with E-state index in [1.807, 2.05) is 4.90 Å². The van der Waals surface area contributed by atoms with Gasteiger partial charge in [0.1, 0.15) is 0 Å². The van der Waals surface area contributed by atoms with Crippen LogP contribution < -0.4 is 0 Å². The lowest BCUT2D eigenvalue weighted by atomic mass is 10.0. The number of methoxy groups -OCH3 is 1. The molecule has 1 atom stereocenters. The summed E-state index contributed by atoms with van der Waals surface area (Å²) in [6, 6.07) is 0.146. The number of carbonyl (C=O) groups excluding carboxylic acids is 1. The predicted octanol–water partition coefficient (Wildman–Crippen LogP) is 0.00620. The van der Waals surface area contributed by atoms with Gasteiger partial charge in [-0.15, -0.1) is 0 Å². The minimum atomic E-state index is -0.222. The second-order valence-electron chi connectivity index (χ2n) is 3.38. The number of hydrogen-bond donors (Lipinski definition) is 1. The van der Waals surface area contributed by atoms with E-state index in [1.54, 1.807) is 0 Å². The van der Waals surface area contributed by atoms with E-state index < -0.39 is 0 Å². The molecule has 0 radical (unpaired) electrons. The number of hydrogen-bond acceptors (Lipinski definition) is 4. The fraction of sp³-hybridized carbons (Fsp3) is 0.889. The van der Waals surface area contributed by atoms with Gasteiger partial charge in [0.25, 0.3) is 0 Å². The normalized spacial score (nSPS) is 24.3.